The summed E-state index contributed by atoms with van der Waals surface area (Å²) in [7, 11) is 1.64. The minimum Gasteiger partial charge on any atom is -0.497 e. The number of methoxy groups -OCH3 is 1. The Morgan fingerprint density at radius 2 is 1.70 bits per heavy atom. The fraction of sp³-hybridized carbons (Fsp3) is 0.176. The molecule has 0 aliphatic heterocycles. The molecule has 3 nitrogen and oxygen atoms in total. The van der Waals surface area contributed by atoms with Gasteiger partial charge in [-0.3, -0.25) is 0 Å². The Bertz CT molecular complexity index is 678. The Hall–Kier alpha value is -2.10. The van der Waals surface area contributed by atoms with E-state index < -0.39 is 5.54 Å². The summed E-state index contributed by atoms with van der Waals surface area (Å²) < 4.78 is 5.31. The van der Waals surface area contributed by atoms with Gasteiger partial charge in [0.15, 0.2) is 0 Å². The van der Waals surface area contributed by atoms with Gasteiger partial charge in [-0.2, -0.15) is 5.48 Å². The molecule has 0 spiro atoms. The van der Waals surface area contributed by atoms with Gasteiger partial charge in [-0.25, -0.2) is 0 Å². The van der Waals surface area contributed by atoms with Crippen LogP contribution in [-0.4, -0.2) is 12.3 Å². The van der Waals surface area contributed by atoms with E-state index >= 15 is 0 Å². The van der Waals surface area contributed by atoms with Crippen LogP contribution in [-0.2, 0) is 5.54 Å². The normalized spacial score (nSPS) is 19.9. The zero-order chi connectivity index (χ0) is 14.2. The lowest BCUT2D eigenvalue weighted by atomic mass is 9.82. The molecular formula is C17H17NO2. The Labute approximate surface area is 118 Å². The highest BCUT2D eigenvalue weighted by Crippen LogP contribution is 2.38. The lowest BCUT2D eigenvalue weighted by Crippen LogP contribution is -2.39. The topological polar surface area (TPSA) is 41.5 Å². The van der Waals surface area contributed by atoms with Crippen LogP contribution in [0, 0.1) is 0 Å². The molecule has 3 heteroatoms. The summed E-state index contributed by atoms with van der Waals surface area (Å²) in [6, 6.07) is 13.9. The maximum Gasteiger partial charge on any atom is 0.119 e. The summed E-state index contributed by atoms with van der Waals surface area (Å²) in [5, 5.41) is 9.81. The number of rotatable bonds is 2. The Kier molecular flexibility index (Phi) is 3.08. The molecule has 1 aliphatic rings. The molecule has 0 saturated heterocycles. The van der Waals surface area contributed by atoms with Crippen LogP contribution in [0.2, 0.25) is 0 Å². The van der Waals surface area contributed by atoms with E-state index in [0.29, 0.717) is 0 Å². The molecule has 0 bridgehead atoms. The molecule has 2 N–H and O–H groups in total. The summed E-state index contributed by atoms with van der Waals surface area (Å²) in [5.74, 6) is 0.776. The molecule has 0 amide bonds. The maximum absolute atomic E-state index is 9.81. The van der Waals surface area contributed by atoms with Crippen molar-refractivity contribution in [2.24, 2.45) is 0 Å². The first kappa shape index (κ1) is 12.9. The molecule has 20 heavy (non-hydrogen) atoms. The van der Waals surface area contributed by atoms with Crippen molar-refractivity contribution in [3.8, 4) is 5.75 Å². The first-order valence-corrected chi connectivity index (χ1v) is 6.56. The van der Waals surface area contributed by atoms with Crippen molar-refractivity contribution in [1.82, 2.24) is 5.48 Å². The van der Waals surface area contributed by atoms with E-state index in [2.05, 4.69) is 17.6 Å². The largest absolute Gasteiger partial charge is 0.497 e. The molecule has 0 radical (unpaired) electrons. The van der Waals surface area contributed by atoms with Crippen molar-refractivity contribution >= 4 is 12.2 Å². The molecule has 0 aromatic heterocycles. The summed E-state index contributed by atoms with van der Waals surface area (Å²) in [6.45, 7) is 1.97. The molecule has 2 aromatic carbocycles. The SMILES string of the molecule is COc1ccc2c(c1)[C@](C)(NO)c1ccccc1C=C2. The van der Waals surface area contributed by atoms with E-state index in [1.807, 2.05) is 49.4 Å². The van der Waals surface area contributed by atoms with Gasteiger partial charge in [0.2, 0.25) is 0 Å². The second kappa shape index (κ2) is 4.78. The number of fused-ring (bicyclic) bond motifs is 2. The third-order valence-corrected chi connectivity index (χ3v) is 3.96. The smallest absolute Gasteiger partial charge is 0.119 e. The second-order valence-corrected chi connectivity index (χ2v) is 5.11. The highest BCUT2D eigenvalue weighted by atomic mass is 16.5. The number of benzene rings is 2. The van der Waals surface area contributed by atoms with Crippen molar-refractivity contribution in [2.75, 3.05) is 7.11 Å². The highest BCUT2D eigenvalue weighted by molar-refractivity contribution is 5.77. The van der Waals surface area contributed by atoms with Gasteiger partial charge in [-0.15, -0.1) is 0 Å². The van der Waals surface area contributed by atoms with Gasteiger partial charge in [0, 0.05) is 0 Å². The first-order valence-electron chi connectivity index (χ1n) is 6.56. The average molecular weight is 267 g/mol. The molecule has 1 atom stereocenters. The van der Waals surface area contributed by atoms with Crippen molar-refractivity contribution < 1.29 is 9.94 Å². The number of hydrogen-bond donors (Lipinski definition) is 2. The Balaban J connectivity index is 2.31. The fourth-order valence-electron chi connectivity index (χ4n) is 2.78. The molecule has 1 aliphatic carbocycles. The van der Waals surface area contributed by atoms with Gasteiger partial charge in [0.1, 0.15) is 5.75 Å². The van der Waals surface area contributed by atoms with Crippen LogP contribution >= 0.6 is 0 Å². The standard InChI is InChI=1S/C17H17NO2/c1-17(18-19)15-6-4-3-5-12(15)7-8-13-9-10-14(20-2)11-16(13)17/h3-11,18-19H,1-2H3/t17-/m1/s1. The third-order valence-electron chi connectivity index (χ3n) is 3.96. The Morgan fingerprint density at radius 3 is 2.40 bits per heavy atom. The number of hydroxylamine groups is 1. The van der Waals surface area contributed by atoms with Crippen LogP contribution in [0.5, 0.6) is 5.75 Å². The maximum atomic E-state index is 9.81. The van der Waals surface area contributed by atoms with Gasteiger partial charge < -0.3 is 9.94 Å². The quantitative estimate of drug-likeness (QED) is 0.819. The predicted molar refractivity (Wildman–Crippen MR) is 79.7 cm³/mol. The van der Waals surface area contributed by atoms with E-state index in [1.54, 1.807) is 7.11 Å². The molecule has 0 saturated carbocycles. The zero-order valence-electron chi connectivity index (χ0n) is 11.6. The Morgan fingerprint density at radius 1 is 1.00 bits per heavy atom. The van der Waals surface area contributed by atoms with E-state index in [1.165, 1.54) is 0 Å². The molecule has 102 valence electrons. The van der Waals surface area contributed by atoms with Crippen molar-refractivity contribution in [3.63, 3.8) is 0 Å². The summed E-state index contributed by atoms with van der Waals surface area (Å²) in [4.78, 5) is 0. The first-order chi connectivity index (χ1) is 9.69. The molecule has 0 fully saturated rings. The van der Waals surface area contributed by atoms with E-state index in [9.17, 15) is 5.21 Å². The van der Waals surface area contributed by atoms with Crippen LogP contribution in [0.1, 0.15) is 29.2 Å². The molecule has 3 rings (SSSR count). The van der Waals surface area contributed by atoms with Crippen molar-refractivity contribution in [1.29, 1.82) is 0 Å². The van der Waals surface area contributed by atoms with E-state index in [0.717, 1.165) is 28.0 Å². The average Bonchev–Trinajstić information content (AvgIpc) is 2.63. The monoisotopic (exact) mass is 267 g/mol. The molecule has 0 heterocycles. The summed E-state index contributed by atoms with van der Waals surface area (Å²) in [6.07, 6.45) is 4.14. The van der Waals surface area contributed by atoms with Crippen LogP contribution in [0.25, 0.3) is 12.2 Å². The minimum atomic E-state index is -0.677. The number of nitrogens with one attached hydrogen (secondary N) is 1. The second-order valence-electron chi connectivity index (χ2n) is 5.11. The van der Waals surface area contributed by atoms with Gasteiger partial charge >= 0.3 is 0 Å². The molecular weight excluding hydrogens is 250 g/mol. The zero-order valence-corrected chi connectivity index (χ0v) is 11.6. The molecule has 2 aromatic rings. The lowest BCUT2D eigenvalue weighted by Gasteiger charge is -2.31. The molecule has 0 unspecified atom stereocenters. The van der Waals surface area contributed by atoms with Crippen LogP contribution in [0.4, 0.5) is 0 Å². The van der Waals surface area contributed by atoms with Crippen LogP contribution in [0.3, 0.4) is 0 Å². The van der Waals surface area contributed by atoms with E-state index in [4.69, 9.17) is 4.74 Å². The predicted octanol–water partition coefficient (Wildman–Crippen LogP) is 3.42. The van der Waals surface area contributed by atoms with Gasteiger partial charge in [-0.1, -0.05) is 42.5 Å². The number of ether oxygens (including phenoxy) is 1. The summed E-state index contributed by atoms with van der Waals surface area (Å²) >= 11 is 0. The lowest BCUT2D eigenvalue weighted by molar-refractivity contribution is 0.0920. The minimum absolute atomic E-state index is 0.677. The van der Waals surface area contributed by atoms with E-state index in [-0.39, 0.29) is 0 Å². The number of hydrogen-bond acceptors (Lipinski definition) is 3. The van der Waals surface area contributed by atoms with Crippen LogP contribution < -0.4 is 10.2 Å². The van der Waals surface area contributed by atoms with Gasteiger partial charge in [-0.05, 0) is 41.3 Å². The fourth-order valence-corrected chi connectivity index (χ4v) is 2.78. The van der Waals surface area contributed by atoms with Gasteiger partial charge in [0.05, 0.1) is 12.6 Å². The highest BCUT2D eigenvalue weighted by Gasteiger charge is 2.33. The van der Waals surface area contributed by atoms with Crippen molar-refractivity contribution in [2.45, 2.75) is 12.5 Å². The van der Waals surface area contributed by atoms with Crippen LogP contribution in [0.15, 0.2) is 42.5 Å². The van der Waals surface area contributed by atoms with Crippen molar-refractivity contribution in [3.05, 3.63) is 64.7 Å². The summed E-state index contributed by atoms with van der Waals surface area (Å²) in [5.41, 5.74) is 5.98. The van der Waals surface area contributed by atoms with Gasteiger partial charge in [0.25, 0.3) is 0 Å². The third kappa shape index (κ3) is 1.83.